The lowest BCUT2D eigenvalue weighted by Crippen LogP contribution is -2.43. The molecule has 5 nitrogen and oxygen atoms in total. The predicted molar refractivity (Wildman–Crippen MR) is 87.6 cm³/mol. The van der Waals surface area contributed by atoms with Gasteiger partial charge in [0.15, 0.2) is 0 Å². The van der Waals surface area contributed by atoms with Crippen LogP contribution < -0.4 is 10.1 Å². The van der Waals surface area contributed by atoms with Crippen LogP contribution in [0.25, 0.3) is 0 Å². The Labute approximate surface area is 133 Å². The van der Waals surface area contributed by atoms with Crippen molar-refractivity contribution in [3.8, 4) is 5.75 Å². The van der Waals surface area contributed by atoms with Gasteiger partial charge in [0.1, 0.15) is 5.75 Å². The summed E-state index contributed by atoms with van der Waals surface area (Å²) in [5, 5.41) is 3.25. The molecule has 1 aromatic carbocycles. The van der Waals surface area contributed by atoms with Crippen LogP contribution in [0.15, 0.2) is 29.2 Å². The van der Waals surface area contributed by atoms with Crippen LogP contribution in [0, 0.1) is 5.92 Å². The first-order valence-electron chi connectivity index (χ1n) is 7.83. The fraction of sp³-hybridized carbons (Fsp3) is 0.625. The van der Waals surface area contributed by atoms with E-state index in [-0.39, 0.29) is 6.04 Å². The lowest BCUT2D eigenvalue weighted by atomic mass is 10.1. The quantitative estimate of drug-likeness (QED) is 0.870. The monoisotopic (exact) mass is 326 g/mol. The van der Waals surface area contributed by atoms with Gasteiger partial charge in [0.2, 0.25) is 10.0 Å². The van der Waals surface area contributed by atoms with E-state index in [0.717, 1.165) is 25.9 Å². The first-order valence-corrected chi connectivity index (χ1v) is 9.27. The molecule has 2 rings (SSSR count). The van der Waals surface area contributed by atoms with E-state index in [4.69, 9.17) is 4.74 Å². The highest BCUT2D eigenvalue weighted by atomic mass is 32.2. The topological polar surface area (TPSA) is 58.6 Å². The Morgan fingerprint density at radius 2 is 1.82 bits per heavy atom. The first-order chi connectivity index (χ1) is 10.4. The maximum atomic E-state index is 12.7. The fourth-order valence-electron chi connectivity index (χ4n) is 2.50. The highest BCUT2D eigenvalue weighted by Crippen LogP contribution is 2.23. The van der Waals surface area contributed by atoms with Crippen LogP contribution in [-0.4, -0.2) is 45.5 Å². The van der Waals surface area contributed by atoms with E-state index in [0.29, 0.717) is 23.2 Å². The Balaban J connectivity index is 2.08. The highest BCUT2D eigenvalue weighted by Gasteiger charge is 2.28. The summed E-state index contributed by atoms with van der Waals surface area (Å²) in [5.74, 6) is 1.15. The third-order valence-electron chi connectivity index (χ3n) is 3.91. The number of nitrogens with one attached hydrogen (secondary N) is 1. The van der Waals surface area contributed by atoms with Crippen molar-refractivity contribution in [2.45, 2.75) is 37.6 Å². The second-order valence-corrected chi connectivity index (χ2v) is 8.18. The smallest absolute Gasteiger partial charge is 0.243 e. The van der Waals surface area contributed by atoms with Crippen LogP contribution in [0.1, 0.15) is 26.7 Å². The van der Waals surface area contributed by atoms with Gasteiger partial charge in [-0.25, -0.2) is 8.42 Å². The summed E-state index contributed by atoms with van der Waals surface area (Å²) in [6.45, 7) is 6.51. The van der Waals surface area contributed by atoms with Crippen molar-refractivity contribution in [1.82, 2.24) is 9.62 Å². The number of benzene rings is 1. The van der Waals surface area contributed by atoms with Crippen LogP contribution >= 0.6 is 0 Å². The van der Waals surface area contributed by atoms with Gasteiger partial charge in [-0.3, -0.25) is 0 Å². The van der Waals surface area contributed by atoms with Crippen molar-refractivity contribution in [2.24, 2.45) is 5.92 Å². The van der Waals surface area contributed by atoms with Crippen LogP contribution in [0.3, 0.4) is 0 Å². The lowest BCUT2D eigenvalue weighted by Gasteiger charge is -2.30. The van der Waals surface area contributed by atoms with Crippen LogP contribution in [-0.2, 0) is 10.0 Å². The Kier molecular flexibility index (Phi) is 5.83. The summed E-state index contributed by atoms with van der Waals surface area (Å²) in [6, 6.07) is 6.78. The van der Waals surface area contributed by atoms with Gasteiger partial charge in [-0.15, -0.1) is 0 Å². The number of hydrogen-bond acceptors (Lipinski definition) is 4. The van der Waals surface area contributed by atoms with Crippen molar-refractivity contribution in [3.05, 3.63) is 24.3 Å². The molecule has 0 saturated carbocycles. The van der Waals surface area contributed by atoms with Gasteiger partial charge >= 0.3 is 0 Å². The van der Waals surface area contributed by atoms with E-state index in [1.165, 1.54) is 4.31 Å². The molecule has 1 heterocycles. The SMILES string of the molecule is CC(C)COc1ccc(S(=O)(=O)N(C)C2CCNCC2)cc1. The van der Waals surface area contributed by atoms with Crippen LogP contribution in [0.5, 0.6) is 5.75 Å². The number of sulfonamides is 1. The molecule has 1 aliphatic heterocycles. The molecule has 0 bridgehead atoms. The molecule has 0 atom stereocenters. The highest BCUT2D eigenvalue weighted by molar-refractivity contribution is 7.89. The van der Waals surface area contributed by atoms with Gasteiger partial charge in [0.25, 0.3) is 0 Å². The minimum atomic E-state index is -3.44. The molecular weight excluding hydrogens is 300 g/mol. The summed E-state index contributed by atoms with van der Waals surface area (Å²) in [5.41, 5.74) is 0. The van der Waals surface area contributed by atoms with Gasteiger partial charge in [0.05, 0.1) is 11.5 Å². The first kappa shape index (κ1) is 17.2. The summed E-state index contributed by atoms with van der Waals surface area (Å²) in [6.07, 6.45) is 1.70. The summed E-state index contributed by atoms with van der Waals surface area (Å²) in [7, 11) is -1.76. The number of hydrogen-bond donors (Lipinski definition) is 1. The largest absolute Gasteiger partial charge is 0.493 e. The molecule has 1 aliphatic rings. The van der Waals surface area contributed by atoms with Crippen LogP contribution in [0.2, 0.25) is 0 Å². The molecule has 0 aliphatic carbocycles. The molecule has 0 aromatic heterocycles. The van der Waals surface area contributed by atoms with Crippen molar-refractivity contribution < 1.29 is 13.2 Å². The Hall–Kier alpha value is -1.11. The molecule has 0 unspecified atom stereocenters. The van der Waals surface area contributed by atoms with Crippen molar-refractivity contribution >= 4 is 10.0 Å². The van der Waals surface area contributed by atoms with Gasteiger partial charge in [-0.05, 0) is 56.1 Å². The summed E-state index contributed by atoms with van der Waals surface area (Å²) in [4.78, 5) is 0.324. The van der Waals surface area contributed by atoms with Gasteiger partial charge in [-0.1, -0.05) is 13.8 Å². The van der Waals surface area contributed by atoms with E-state index < -0.39 is 10.0 Å². The molecule has 124 valence electrons. The normalized spacial score (nSPS) is 17.1. The van der Waals surface area contributed by atoms with E-state index >= 15 is 0 Å². The second kappa shape index (κ2) is 7.44. The molecule has 1 N–H and O–H groups in total. The molecule has 6 heteroatoms. The predicted octanol–water partition coefficient (Wildman–Crippen LogP) is 2.09. The maximum absolute atomic E-state index is 12.7. The summed E-state index contributed by atoms with van der Waals surface area (Å²) < 4.78 is 32.5. The zero-order valence-corrected chi connectivity index (χ0v) is 14.4. The minimum Gasteiger partial charge on any atom is -0.493 e. The number of rotatable bonds is 6. The number of ether oxygens (including phenoxy) is 1. The molecule has 22 heavy (non-hydrogen) atoms. The molecule has 1 fully saturated rings. The fourth-order valence-corrected chi connectivity index (χ4v) is 3.92. The average molecular weight is 326 g/mol. The lowest BCUT2D eigenvalue weighted by molar-refractivity contribution is 0.271. The second-order valence-electron chi connectivity index (χ2n) is 6.18. The van der Waals surface area contributed by atoms with Crippen molar-refractivity contribution in [3.63, 3.8) is 0 Å². The molecule has 1 aromatic rings. The Morgan fingerprint density at radius 1 is 1.23 bits per heavy atom. The van der Waals surface area contributed by atoms with E-state index in [1.54, 1.807) is 31.3 Å². The minimum absolute atomic E-state index is 0.0723. The number of nitrogens with zero attached hydrogens (tertiary/aromatic N) is 1. The van der Waals surface area contributed by atoms with E-state index in [2.05, 4.69) is 19.2 Å². The van der Waals surface area contributed by atoms with E-state index in [1.807, 2.05) is 0 Å². The van der Waals surface area contributed by atoms with Gasteiger partial charge in [0, 0.05) is 13.1 Å². The molecule has 0 amide bonds. The Morgan fingerprint density at radius 3 is 2.36 bits per heavy atom. The summed E-state index contributed by atoms with van der Waals surface area (Å²) >= 11 is 0. The number of piperidine rings is 1. The zero-order valence-electron chi connectivity index (χ0n) is 13.6. The molecule has 1 saturated heterocycles. The molecule has 0 radical (unpaired) electrons. The maximum Gasteiger partial charge on any atom is 0.243 e. The zero-order chi connectivity index (χ0) is 16.2. The standard InChI is InChI=1S/C16H26N2O3S/c1-13(2)12-21-15-4-6-16(7-5-15)22(19,20)18(3)14-8-10-17-11-9-14/h4-7,13-14,17H,8-12H2,1-3H3. The third kappa shape index (κ3) is 4.21. The molecule has 0 spiro atoms. The van der Waals surface area contributed by atoms with Gasteiger partial charge < -0.3 is 10.1 Å². The van der Waals surface area contributed by atoms with Crippen LogP contribution in [0.4, 0.5) is 0 Å². The van der Waals surface area contributed by atoms with E-state index in [9.17, 15) is 8.42 Å². The average Bonchev–Trinajstić information content (AvgIpc) is 2.53. The molecular formula is C16H26N2O3S. The Bertz CT molecular complexity index is 564. The third-order valence-corrected chi connectivity index (χ3v) is 5.83. The van der Waals surface area contributed by atoms with Crippen molar-refractivity contribution in [1.29, 1.82) is 0 Å². The van der Waals surface area contributed by atoms with Crippen molar-refractivity contribution in [2.75, 3.05) is 26.7 Å². The van der Waals surface area contributed by atoms with Gasteiger partial charge in [-0.2, -0.15) is 4.31 Å².